The van der Waals surface area contributed by atoms with Gasteiger partial charge in [-0.25, -0.2) is 0 Å². The van der Waals surface area contributed by atoms with Crippen LogP contribution in [0.4, 0.5) is 0 Å². The average Bonchev–Trinajstić information content (AvgIpc) is 3.05. The number of rotatable bonds is 3. The summed E-state index contributed by atoms with van der Waals surface area (Å²) >= 11 is 0. The number of allylic oxidation sites excluding steroid dienone is 2. The third kappa shape index (κ3) is 2.37. The molecule has 144 valence electrons. The second kappa shape index (κ2) is 5.68. The van der Waals surface area contributed by atoms with Gasteiger partial charge in [-0.15, -0.1) is 0 Å². The number of hydrogen-bond donors (Lipinski definition) is 1. The van der Waals surface area contributed by atoms with Gasteiger partial charge in [0.25, 0.3) is 0 Å². The molecule has 0 spiro atoms. The van der Waals surface area contributed by atoms with Crippen LogP contribution in [0.5, 0.6) is 0 Å². The van der Waals surface area contributed by atoms with E-state index in [-0.39, 0.29) is 29.5 Å². The maximum absolute atomic E-state index is 11.5. The Bertz CT molecular complexity index is 705. The molecule has 2 aliphatic carbocycles. The van der Waals surface area contributed by atoms with Crippen LogP contribution < -0.4 is 0 Å². The van der Waals surface area contributed by atoms with Crippen LogP contribution in [0.1, 0.15) is 66.7 Å². The predicted octanol–water partition coefficient (Wildman–Crippen LogP) is 4.14. The molecule has 5 unspecified atom stereocenters. The summed E-state index contributed by atoms with van der Waals surface area (Å²) in [4.78, 5) is 11.2. The smallest absolute Gasteiger partial charge is 0.302 e. The lowest BCUT2D eigenvalue weighted by molar-refractivity contribution is -0.288. The van der Waals surface area contributed by atoms with E-state index in [0.29, 0.717) is 11.8 Å². The van der Waals surface area contributed by atoms with Crippen LogP contribution in [-0.4, -0.2) is 29.6 Å². The molecule has 2 fully saturated rings. The standard InChI is InChI=1S/C22H32O4/c1-13(2)16-6-7-20(4)8-9-21(5)17(19(16)20)10-18-15(12-25-14(3)23)11-22(21,24)26-18/h11,13,17-18,24H,6-10,12H2,1-5H3. The van der Waals surface area contributed by atoms with Gasteiger partial charge in [0.15, 0.2) is 5.79 Å². The number of esters is 1. The maximum Gasteiger partial charge on any atom is 0.302 e. The summed E-state index contributed by atoms with van der Waals surface area (Å²) in [7, 11) is 0. The molecule has 0 aromatic heterocycles. The van der Waals surface area contributed by atoms with E-state index in [4.69, 9.17) is 9.47 Å². The van der Waals surface area contributed by atoms with E-state index < -0.39 is 5.79 Å². The van der Waals surface area contributed by atoms with Gasteiger partial charge in [0.2, 0.25) is 0 Å². The molecule has 2 aliphatic heterocycles. The topological polar surface area (TPSA) is 55.8 Å². The Balaban J connectivity index is 1.74. The minimum atomic E-state index is -1.25. The largest absolute Gasteiger partial charge is 0.461 e. The summed E-state index contributed by atoms with van der Waals surface area (Å²) in [6.45, 7) is 10.9. The van der Waals surface area contributed by atoms with Crippen LogP contribution >= 0.6 is 0 Å². The Morgan fingerprint density at radius 3 is 2.73 bits per heavy atom. The minimum absolute atomic E-state index is 0.152. The molecule has 0 radical (unpaired) electrons. The molecule has 5 atom stereocenters. The summed E-state index contributed by atoms with van der Waals surface area (Å²) in [5.41, 5.74) is 4.09. The molecule has 2 heterocycles. The Morgan fingerprint density at radius 1 is 1.35 bits per heavy atom. The van der Waals surface area contributed by atoms with Crippen molar-refractivity contribution in [1.29, 1.82) is 0 Å². The van der Waals surface area contributed by atoms with Crippen molar-refractivity contribution in [2.75, 3.05) is 6.61 Å². The third-order valence-corrected chi connectivity index (χ3v) is 7.78. The number of carbonyl (C=O) groups is 1. The van der Waals surface area contributed by atoms with E-state index in [0.717, 1.165) is 24.8 Å². The first-order valence-corrected chi connectivity index (χ1v) is 10.1. The summed E-state index contributed by atoms with van der Waals surface area (Å²) in [5, 5.41) is 11.5. The van der Waals surface area contributed by atoms with Crippen LogP contribution in [0, 0.1) is 22.7 Å². The molecular formula is C22H32O4. The third-order valence-electron chi connectivity index (χ3n) is 7.78. The Hall–Kier alpha value is -1.13. The quantitative estimate of drug-likeness (QED) is 0.607. The number of aliphatic hydroxyl groups is 1. The second-order valence-corrected chi connectivity index (χ2v) is 9.66. The summed E-state index contributed by atoms with van der Waals surface area (Å²) in [5.74, 6) is -0.667. The van der Waals surface area contributed by atoms with Gasteiger partial charge < -0.3 is 14.6 Å². The molecule has 0 amide bonds. The Labute approximate surface area is 156 Å². The number of hydrogen-bond acceptors (Lipinski definition) is 4. The van der Waals surface area contributed by atoms with Crippen molar-refractivity contribution in [3.63, 3.8) is 0 Å². The predicted molar refractivity (Wildman–Crippen MR) is 99.2 cm³/mol. The molecule has 4 nitrogen and oxygen atoms in total. The van der Waals surface area contributed by atoms with E-state index in [1.165, 1.54) is 19.8 Å². The second-order valence-electron chi connectivity index (χ2n) is 9.66. The molecule has 4 heteroatoms. The fraction of sp³-hybridized carbons (Fsp3) is 0.773. The lowest BCUT2D eigenvalue weighted by Crippen LogP contribution is -2.58. The molecular weight excluding hydrogens is 328 g/mol. The first kappa shape index (κ1) is 18.2. The minimum Gasteiger partial charge on any atom is -0.461 e. The van der Waals surface area contributed by atoms with Gasteiger partial charge in [-0.2, -0.15) is 0 Å². The van der Waals surface area contributed by atoms with Gasteiger partial charge in [-0.1, -0.05) is 38.8 Å². The lowest BCUT2D eigenvalue weighted by Gasteiger charge is -2.57. The van der Waals surface area contributed by atoms with E-state index in [9.17, 15) is 9.90 Å². The molecule has 2 bridgehead atoms. The number of ether oxygens (including phenoxy) is 2. The number of fused-ring (bicyclic) bond motifs is 6. The molecule has 1 N–H and O–H groups in total. The highest BCUT2D eigenvalue weighted by atomic mass is 16.6. The molecule has 0 aromatic carbocycles. The van der Waals surface area contributed by atoms with Gasteiger partial charge in [-0.3, -0.25) is 4.79 Å². The van der Waals surface area contributed by atoms with Gasteiger partial charge >= 0.3 is 5.97 Å². The van der Waals surface area contributed by atoms with E-state index in [2.05, 4.69) is 27.7 Å². The van der Waals surface area contributed by atoms with Crippen molar-refractivity contribution >= 4 is 5.97 Å². The average molecular weight is 360 g/mol. The summed E-state index contributed by atoms with van der Waals surface area (Å²) in [6.07, 6.45) is 7.08. The van der Waals surface area contributed by atoms with Crippen LogP contribution in [0.25, 0.3) is 0 Å². The zero-order valence-electron chi connectivity index (χ0n) is 16.7. The Kier molecular flexibility index (Phi) is 3.99. The van der Waals surface area contributed by atoms with Crippen molar-refractivity contribution in [3.05, 3.63) is 22.8 Å². The first-order chi connectivity index (χ1) is 12.1. The highest BCUT2D eigenvalue weighted by Gasteiger charge is 2.65. The van der Waals surface area contributed by atoms with Crippen molar-refractivity contribution in [1.82, 2.24) is 0 Å². The zero-order valence-corrected chi connectivity index (χ0v) is 16.7. The van der Waals surface area contributed by atoms with Crippen molar-refractivity contribution in [2.24, 2.45) is 22.7 Å². The Morgan fingerprint density at radius 2 is 2.08 bits per heavy atom. The van der Waals surface area contributed by atoms with Gasteiger partial charge in [0.1, 0.15) is 6.61 Å². The fourth-order valence-corrected chi connectivity index (χ4v) is 6.11. The summed E-state index contributed by atoms with van der Waals surface area (Å²) < 4.78 is 11.3. The van der Waals surface area contributed by atoms with E-state index in [1.807, 2.05) is 6.08 Å². The molecule has 1 saturated heterocycles. The molecule has 26 heavy (non-hydrogen) atoms. The monoisotopic (exact) mass is 360 g/mol. The van der Waals surface area contributed by atoms with Crippen molar-refractivity contribution < 1.29 is 19.4 Å². The highest BCUT2D eigenvalue weighted by Crippen LogP contribution is 2.67. The first-order valence-electron chi connectivity index (χ1n) is 10.1. The number of carbonyl (C=O) groups excluding carboxylic acids is 1. The zero-order chi connectivity index (χ0) is 18.9. The molecule has 4 rings (SSSR count). The van der Waals surface area contributed by atoms with Crippen molar-refractivity contribution in [3.8, 4) is 0 Å². The van der Waals surface area contributed by atoms with E-state index in [1.54, 1.807) is 11.1 Å². The fourth-order valence-electron chi connectivity index (χ4n) is 6.11. The lowest BCUT2D eigenvalue weighted by atomic mass is 9.52. The van der Waals surface area contributed by atoms with Crippen LogP contribution in [0.15, 0.2) is 22.8 Å². The van der Waals surface area contributed by atoms with Gasteiger partial charge in [0, 0.05) is 12.3 Å². The van der Waals surface area contributed by atoms with Crippen molar-refractivity contribution in [2.45, 2.75) is 78.6 Å². The van der Waals surface area contributed by atoms with Gasteiger partial charge in [-0.05, 0) is 61.0 Å². The normalized spacial score (nSPS) is 44.0. The molecule has 4 aliphatic rings. The maximum atomic E-state index is 11.5. The van der Waals surface area contributed by atoms with Crippen LogP contribution in [0.3, 0.4) is 0 Å². The SMILES string of the molecule is CC(=O)OCC1=CC2(O)OC1CC1C3=C(C(C)C)CCC3(C)CCC12C. The highest BCUT2D eigenvalue weighted by molar-refractivity contribution is 5.66. The molecule has 0 aromatic rings. The van der Waals surface area contributed by atoms with Crippen LogP contribution in [0.2, 0.25) is 0 Å². The van der Waals surface area contributed by atoms with Gasteiger partial charge in [0.05, 0.1) is 6.10 Å². The van der Waals surface area contributed by atoms with E-state index >= 15 is 0 Å². The molecule has 1 saturated carbocycles. The summed E-state index contributed by atoms with van der Waals surface area (Å²) in [6, 6.07) is 0. The van der Waals surface area contributed by atoms with Crippen LogP contribution in [-0.2, 0) is 14.3 Å².